The van der Waals surface area contributed by atoms with Crippen molar-refractivity contribution in [1.82, 2.24) is 0 Å². The van der Waals surface area contributed by atoms with E-state index in [0.717, 1.165) is 24.2 Å². The van der Waals surface area contributed by atoms with Crippen molar-refractivity contribution in [1.29, 1.82) is 0 Å². The van der Waals surface area contributed by atoms with E-state index in [1.165, 1.54) is 11.3 Å². The zero-order valence-corrected chi connectivity index (χ0v) is 12.3. The Kier molecular flexibility index (Phi) is 3.20. The number of nitrogens with zero attached hydrogens (tertiary/aromatic N) is 1. The molecule has 21 heavy (non-hydrogen) atoms. The molecular weight excluding hydrogens is 262 g/mol. The van der Waals surface area contributed by atoms with Crippen LogP contribution < -0.4 is 4.90 Å². The molecule has 1 aliphatic rings. The summed E-state index contributed by atoms with van der Waals surface area (Å²) < 4.78 is 0. The van der Waals surface area contributed by atoms with Crippen LogP contribution in [0.4, 0.5) is 11.4 Å². The number of carbonyl (C=O) groups is 1. The van der Waals surface area contributed by atoms with Crippen LogP contribution in [0.5, 0.6) is 0 Å². The fourth-order valence-corrected chi connectivity index (χ4v) is 2.94. The Morgan fingerprint density at radius 3 is 2.38 bits per heavy atom. The first kappa shape index (κ1) is 13.7. The van der Waals surface area contributed by atoms with Crippen molar-refractivity contribution in [2.75, 3.05) is 11.4 Å². The van der Waals surface area contributed by atoms with Crippen molar-refractivity contribution in [3.8, 4) is 0 Å². The van der Waals surface area contributed by atoms with E-state index >= 15 is 0 Å². The lowest BCUT2D eigenvalue weighted by Gasteiger charge is -2.29. The van der Waals surface area contributed by atoms with E-state index in [1.54, 1.807) is 13.8 Å². The largest absolute Gasteiger partial charge is 0.481 e. The van der Waals surface area contributed by atoms with Crippen LogP contribution in [0.3, 0.4) is 0 Å². The number of hydrogen-bond acceptors (Lipinski definition) is 2. The Labute approximate surface area is 124 Å². The maximum Gasteiger partial charge on any atom is 0.313 e. The third-order valence-corrected chi connectivity index (χ3v) is 4.29. The number of benzene rings is 2. The number of rotatable bonds is 3. The fourth-order valence-electron chi connectivity index (χ4n) is 2.94. The predicted molar refractivity (Wildman–Crippen MR) is 84.3 cm³/mol. The summed E-state index contributed by atoms with van der Waals surface area (Å²) in [4.78, 5) is 13.8. The number of anilines is 2. The summed E-state index contributed by atoms with van der Waals surface area (Å²) in [5.41, 5.74) is 3.45. The van der Waals surface area contributed by atoms with Gasteiger partial charge in [-0.25, -0.2) is 0 Å². The summed E-state index contributed by atoms with van der Waals surface area (Å²) in [6.45, 7) is 4.42. The smallest absolute Gasteiger partial charge is 0.313 e. The van der Waals surface area contributed by atoms with Crippen molar-refractivity contribution in [2.45, 2.75) is 25.7 Å². The minimum Gasteiger partial charge on any atom is -0.481 e. The molecule has 0 unspecified atom stereocenters. The van der Waals surface area contributed by atoms with Gasteiger partial charge < -0.3 is 10.0 Å². The number of carboxylic acid groups (broad SMARTS) is 1. The Hall–Kier alpha value is -2.29. The SMILES string of the molecule is CC(C)(C(=O)O)c1ccccc1N1CCc2ccccc21. The highest BCUT2D eigenvalue weighted by atomic mass is 16.4. The van der Waals surface area contributed by atoms with Crippen LogP contribution in [0.1, 0.15) is 25.0 Å². The summed E-state index contributed by atoms with van der Waals surface area (Å²) in [5, 5.41) is 9.54. The van der Waals surface area contributed by atoms with Crippen molar-refractivity contribution in [3.05, 3.63) is 59.7 Å². The van der Waals surface area contributed by atoms with Crippen LogP contribution in [0.15, 0.2) is 48.5 Å². The van der Waals surface area contributed by atoms with Crippen molar-refractivity contribution >= 4 is 17.3 Å². The lowest BCUT2D eigenvalue weighted by atomic mass is 9.83. The van der Waals surface area contributed by atoms with Crippen LogP contribution in [-0.2, 0) is 16.6 Å². The van der Waals surface area contributed by atoms with Gasteiger partial charge in [0.15, 0.2) is 0 Å². The second-order valence-corrected chi connectivity index (χ2v) is 5.98. The van der Waals surface area contributed by atoms with Gasteiger partial charge in [0.2, 0.25) is 0 Å². The third-order valence-electron chi connectivity index (χ3n) is 4.29. The number of hydrogen-bond donors (Lipinski definition) is 1. The molecule has 0 fully saturated rings. The van der Waals surface area contributed by atoms with Crippen LogP contribution >= 0.6 is 0 Å². The van der Waals surface area contributed by atoms with Crippen LogP contribution in [0.2, 0.25) is 0 Å². The maximum absolute atomic E-state index is 11.6. The average Bonchev–Trinajstić information content (AvgIpc) is 2.91. The second kappa shape index (κ2) is 4.92. The quantitative estimate of drug-likeness (QED) is 0.931. The fraction of sp³-hybridized carbons (Fsp3) is 0.278. The number of aliphatic carboxylic acids is 1. The van der Waals surface area contributed by atoms with Gasteiger partial charge >= 0.3 is 5.97 Å². The molecule has 0 aromatic heterocycles. The predicted octanol–water partition coefficient (Wildman–Crippen LogP) is 3.74. The summed E-state index contributed by atoms with van der Waals surface area (Å²) >= 11 is 0. The number of fused-ring (bicyclic) bond motifs is 1. The van der Waals surface area contributed by atoms with Crippen LogP contribution in [0, 0.1) is 0 Å². The van der Waals surface area contributed by atoms with Crippen molar-refractivity contribution in [3.63, 3.8) is 0 Å². The molecule has 0 radical (unpaired) electrons. The van der Waals surface area contributed by atoms with Gasteiger partial charge in [0.25, 0.3) is 0 Å². The Morgan fingerprint density at radius 1 is 1.05 bits per heavy atom. The molecule has 1 N–H and O–H groups in total. The van der Waals surface area contributed by atoms with E-state index in [4.69, 9.17) is 0 Å². The first-order valence-electron chi connectivity index (χ1n) is 7.20. The monoisotopic (exact) mass is 281 g/mol. The highest BCUT2D eigenvalue weighted by molar-refractivity contribution is 5.85. The minimum absolute atomic E-state index is 0.803. The molecule has 0 atom stereocenters. The second-order valence-electron chi connectivity index (χ2n) is 5.98. The Balaban J connectivity index is 2.12. The minimum atomic E-state index is -0.909. The zero-order valence-electron chi connectivity index (χ0n) is 12.3. The summed E-state index contributed by atoms with van der Waals surface area (Å²) in [6, 6.07) is 16.1. The van der Waals surface area contributed by atoms with E-state index < -0.39 is 11.4 Å². The average molecular weight is 281 g/mol. The lowest BCUT2D eigenvalue weighted by molar-refractivity contribution is -0.142. The lowest BCUT2D eigenvalue weighted by Crippen LogP contribution is -2.31. The zero-order chi connectivity index (χ0) is 15.0. The first-order chi connectivity index (χ1) is 10.0. The topological polar surface area (TPSA) is 40.5 Å². The van der Waals surface area contributed by atoms with Gasteiger partial charge in [-0.15, -0.1) is 0 Å². The molecule has 1 heterocycles. The molecule has 2 aromatic carbocycles. The van der Waals surface area contributed by atoms with Gasteiger partial charge in [-0.05, 0) is 43.5 Å². The highest BCUT2D eigenvalue weighted by Gasteiger charge is 2.34. The molecule has 0 amide bonds. The van der Waals surface area contributed by atoms with Gasteiger partial charge in [-0.3, -0.25) is 4.79 Å². The molecule has 0 bridgehead atoms. The van der Waals surface area contributed by atoms with E-state index in [0.29, 0.717) is 0 Å². The molecule has 0 aliphatic carbocycles. The molecule has 3 heteroatoms. The molecule has 2 aromatic rings. The van der Waals surface area contributed by atoms with E-state index in [2.05, 4.69) is 23.1 Å². The van der Waals surface area contributed by atoms with Gasteiger partial charge in [0.05, 0.1) is 5.41 Å². The van der Waals surface area contributed by atoms with Gasteiger partial charge in [-0.2, -0.15) is 0 Å². The Morgan fingerprint density at radius 2 is 1.67 bits per heavy atom. The summed E-state index contributed by atoms with van der Waals surface area (Å²) in [6.07, 6.45) is 0.998. The van der Waals surface area contributed by atoms with Crippen molar-refractivity contribution in [2.24, 2.45) is 0 Å². The van der Waals surface area contributed by atoms with Crippen molar-refractivity contribution < 1.29 is 9.90 Å². The third kappa shape index (κ3) is 2.19. The first-order valence-corrected chi connectivity index (χ1v) is 7.20. The number of para-hydroxylation sites is 2. The normalized spacial score (nSPS) is 14.1. The molecule has 3 nitrogen and oxygen atoms in total. The van der Waals surface area contributed by atoms with Gasteiger partial charge in [-0.1, -0.05) is 36.4 Å². The molecule has 3 rings (SSSR count). The van der Waals surface area contributed by atoms with E-state index in [1.807, 2.05) is 30.3 Å². The van der Waals surface area contributed by atoms with E-state index in [9.17, 15) is 9.90 Å². The van der Waals surface area contributed by atoms with Crippen LogP contribution in [0.25, 0.3) is 0 Å². The molecule has 108 valence electrons. The number of carboxylic acids is 1. The standard InChI is InChI=1S/C18H19NO2/c1-18(2,17(20)21)14-8-4-6-10-16(14)19-12-11-13-7-3-5-9-15(13)19/h3-10H,11-12H2,1-2H3,(H,20,21). The molecule has 0 saturated carbocycles. The maximum atomic E-state index is 11.6. The van der Waals surface area contributed by atoms with Crippen LogP contribution in [-0.4, -0.2) is 17.6 Å². The molecular formula is C18H19NO2. The summed E-state index contributed by atoms with van der Waals surface area (Å²) in [7, 11) is 0. The molecule has 0 spiro atoms. The van der Waals surface area contributed by atoms with Gasteiger partial charge in [0, 0.05) is 17.9 Å². The molecule has 1 aliphatic heterocycles. The van der Waals surface area contributed by atoms with E-state index in [-0.39, 0.29) is 0 Å². The summed E-state index contributed by atoms with van der Waals surface area (Å²) in [5.74, 6) is -0.803. The van der Waals surface area contributed by atoms with Gasteiger partial charge in [0.1, 0.15) is 0 Å². The molecule has 0 saturated heterocycles. The Bertz CT molecular complexity index is 691. The highest BCUT2D eigenvalue weighted by Crippen LogP contribution is 2.40.